The number of carbonyl (C=O) groups excluding carboxylic acids is 1. The Morgan fingerprint density at radius 2 is 1.35 bits per heavy atom. The third-order valence-electron chi connectivity index (χ3n) is 4.61. The first-order valence-corrected chi connectivity index (χ1v) is 9.20. The van der Waals surface area contributed by atoms with Crippen LogP contribution in [0, 0.1) is 10.8 Å². The van der Waals surface area contributed by atoms with Crippen molar-refractivity contribution in [3.63, 3.8) is 0 Å². The van der Waals surface area contributed by atoms with Gasteiger partial charge in [-0.1, -0.05) is 55.6 Å². The van der Waals surface area contributed by atoms with Crippen LogP contribution in [0.25, 0.3) is 0 Å². The van der Waals surface area contributed by atoms with Crippen LogP contribution in [-0.4, -0.2) is 5.97 Å². The molecule has 140 valence electrons. The van der Waals surface area contributed by atoms with Crippen molar-refractivity contribution in [3.8, 4) is 17.2 Å². The molecule has 2 aromatic rings. The highest BCUT2D eigenvalue weighted by Crippen LogP contribution is 2.42. The van der Waals surface area contributed by atoms with E-state index in [0.717, 1.165) is 0 Å². The molecule has 0 aromatic heterocycles. The molecule has 2 rings (SSSR count). The van der Waals surface area contributed by atoms with Crippen molar-refractivity contribution in [1.29, 1.82) is 0 Å². The van der Waals surface area contributed by atoms with E-state index in [0.29, 0.717) is 26.6 Å². The lowest BCUT2D eigenvalue weighted by molar-refractivity contribution is -0.150. The lowest BCUT2D eigenvalue weighted by Crippen LogP contribution is -2.40. The monoisotopic (exact) mass is 414 g/mol. The third kappa shape index (κ3) is 4.64. The van der Waals surface area contributed by atoms with Gasteiger partial charge in [-0.2, -0.15) is 0 Å². The molecular formula is C20H21Cl3O3. The molecule has 0 unspecified atom stereocenters. The van der Waals surface area contributed by atoms with Crippen molar-refractivity contribution < 1.29 is 14.3 Å². The minimum Gasteiger partial charge on any atom is -0.452 e. The van der Waals surface area contributed by atoms with Gasteiger partial charge >= 0.3 is 5.97 Å². The van der Waals surface area contributed by atoms with E-state index in [1.165, 1.54) is 6.07 Å². The largest absolute Gasteiger partial charge is 0.452 e. The topological polar surface area (TPSA) is 35.5 Å². The van der Waals surface area contributed by atoms with Crippen molar-refractivity contribution in [1.82, 2.24) is 0 Å². The second-order valence-corrected chi connectivity index (χ2v) is 8.81. The highest BCUT2D eigenvalue weighted by Gasteiger charge is 2.41. The van der Waals surface area contributed by atoms with Gasteiger partial charge in [0.05, 0.1) is 10.4 Å². The number of hydrogen-bond acceptors (Lipinski definition) is 3. The van der Waals surface area contributed by atoms with Crippen LogP contribution in [-0.2, 0) is 4.79 Å². The molecule has 26 heavy (non-hydrogen) atoms. The van der Waals surface area contributed by atoms with Crippen molar-refractivity contribution in [2.75, 3.05) is 0 Å². The smallest absolute Gasteiger partial charge is 0.317 e. The summed E-state index contributed by atoms with van der Waals surface area (Å²) >= 11 is 18.1. The zero-order valence-electron chi connectivity index (χ0n) is 15.3. The van der Waals surface area contributed by atoms with E-state index in [9.17, 15) is 4.79 Å². The van der Waals surface area contributed by atoms with Gasteiger partial charge in [0.15, 0.2) is 11.5 Å². The van der Waals surface area contributed by atoms with E-state index >= 15 is 0 Å². The number of carbonyl (C=O) groups is 1. The average Bonchev–Trinajstić information content (AvgIpc) is 2.51. The molecule has 0 aliphatic carbocycles. The van der Waals surface area contributed by atoms with Crippen LogP contribution in [0.15, 0.2) is 36.4 Å². The van der Waals surface area contributed by atoms with Gasteiger partial charge in [0.1, 0.15) is 5.75 Å². The molecule has 0 N–H and O–H groups in total. The SMILES string of the molecule is CC(C)(C)C(C)(C)C(=O)Oc1cc(Cl)ccc1Oc1ccc(Cl)cc1Cl. The van der Waals surface area contributed by atoms with Crippen LogP contribution in [0.2, 0.25) is 15.1 Å². The van der Waals surface area contributed by atoms with Crippen LogP contribution in [0.3, 0.4) is 0 Å². The molecule has 0 fully saturated rings. The second kappa shape index (κ2) is 7.67. The van der Waals surface area contributed by atoms with Gasteiger partial charge in [0, 0.05) is 16.1 Å². The predicted molar refractivity (Wildman–Crippen MR) is 107 cm³/mol. The Morgan fingerprint density at radius 3 is 1.88 bits per heavy atom. The van der Waals surface area contributed by atoms with Gasteiger partial charge in [-0.05, 0) is 49.6 Å². The third-order valence-corrected chi connectivity index (χ3v) is 5.37. The lowest BCUT2D eigenvalue weighted by Gasteiger charge is -2.36. The zero-order valence-corrected chi connectivity index (χ0v) is 17.6. The number of ether oxygens (including phenoxy) is 2. The summed E-state index contributed by atoms with van der Waals surface area (Å²) in [7, 11) is 0. The molecule has 6 heteroatoms. The summed E-state index contributed by atoms with van der Waals surface area (Å²) < 4.78 is 11.5. The zero-order chi connectivity index (χ0) is 19.7. The summed E-state index contributed by atoms with van der Waals surface area (Å²) in [6.07, 6.45) is 0. The minimum atomic E-state index is -0.718. The number of hydrogen-bond donors (Lipinski definition) is 0. The van der Waals surface area contributed by atoms with Gasteiger partial charge in [0.2, 0.25) is 0 Å². The van der Waals surface area contributed by atoms with Gasteiger partial charge in [-0.3, -0.25) is 4.79 Å². The first kappa shape index (κ1) is 20.9. The van der Waals surface area contributed by atoms with Crippen molar-refractivity contribution in [3.05, 3.63) is 51.5 Å². The predicted octanol–water partition coefficient (Wildman–Crippen LogP) is 7.42. The molecule has 0 bridgehead atoms. The van der Waals surface area contributed by atoms with E-state index in [1.807, 2.05) is 34.6 Å². The van der Waals surface area contributed by atoms with Crippen LogP contribution in [0.1, 0.15) is 34.6 Å². The molecule has 0 spiro atoms. The Bertz CT molecular complexity index is 824. The first-order chi connectivity index (χ1) is 11.9. The van der Waals surface area contributed by atoms with Crippen LogP contribution in [0.5, 0.6) is 17.2 Å². The number of esters is 1. The standard InChI is InChI=1S/C20H21Cl3O3/c1-19(2,3)20(4,5)18(24)26-17-11-13(22)7-9-16(17)25-15-8-6-12(21)10-14(15)23/h6-11H,1-5H3. The molecule has 3 nitrogen and oxygen atoms in total. The second-order valence-electron chi connectivity index (χ2n) is 7.53. The van der Waals surface area contributed by atoms with Gasteiger partial charge in [0.25, 0.3) is 0 Å². The molecule has 0 atom stereocenters. The summed E-state index contributed by atoms with van der Waals surface area (Å²) in [5.41, 5.74) is -1.01. The van der Waals surface area contributed by atoms with Crippen LogP contribution < -0.4 is 9.47 Å². The normalized spacial score (nSPS) is 12.0. The fourth-order valence-electron chi connectivity index (χ4n) is 1.86. The summed E-state index contributed by atoms with van der Waals surface area (Å²) in [6.45, 7) is 9.64. The average molecular weight is 416 g/mol. The van der Waals surface area contributed by atoms with E-state index in [4.69, 9.17) is 44.3 Å². The van der Waals surface area contributed by atoms with E-state index in [2.05, 4.69) is 0 Å². The summed E-state index contributed by atoms with van der Waals surface area (Å²) in [4.78, 5) is 12.7. The van der Waals surface area contributed by atoms with Crippen molar-refractivity contribution >= 4 is 40.8 Å². The number of rotatable bonds is 4. The van der Waals surface area contributed by atoms with Gasteiger partial charge in [-0.15, -0.1) is 0 Å². The fourth-order valence-corrected chi connectivity index (χ4v) is 2.47. The Kier molecular flexibility index (Phi) is 6.17. The van der Waals surface area contributed by atoms with Crippen LogP contribution in [0.4, 0.5) is 0 Å². The molecule has 0 saturated heterocycles. The van der Waals surface area contributed by atoms with Crippen LogP contribution >= 0.6 is 34.8 Å². The molecule has 0 aliphatic rings. The highest BCUT2D eigenvalue weighted by molar-refractivity contribution is 6.35. The highest BCUT2D eigenvalue weighted by atomic mass is 35.5. The summed E-state index contributed by atoms with van der Waals surface area (Å²) in [6, 6.07) is 9.68. The first-order valence-electron chi connectivity index (χ1n) is 8.06. The molecule has 0 saturated carbocycles. The molecular weight excluding hydrogens is 395 g/mol. The lowest BCUT2D eigenvalue weighted by atomic mass is 9.69. The van der Waals surface area contributed by atoms with Crippen molar-refractivity contribution in [2.45, 2.75) is 34.6 Å². The summed E-state index contributed by atoms with van der Waals surface area (Å²) in [5, 5.41) is 1.27. The number of benzene rings is 2. The fraction of sp³-hybridized carbons (Fsp3) is 0.350. The maximum absolute atomic E-state index is 12.7. The van der Waals surface area contributed by atoms with E-state index in [1.54, 1.807) is 30.3 Å². The molecule has 0 radical (unpaired) electrons. The maximum atomic E-state index is 12.7. The number of halogens is 3. The van der Waals surface area contributed by atoms with E-state index < -0.39 is 5.41 Å². The Labute approximate surface area is 169 Å². The molecule has 0 aliphatic heterocycles. The quantitative estimate of drug-likeness (QED) is 0.385. The molecule has 0 amide bonds. The maximum Gasteiger partial charge on any atom is 0.317 e. The molecule has 0 heterocycles. The van der Waals surface area contributed by atoms with E-state index in [-0.39, 0.29) is 17.1 Å². The van der Waals surface area contributed by atoms with Gasteiger partial charge < -0.3 is 9.47 Å². The van der Waals surface area contributed by atoms with Crippen molar-refractivity contribution in [2.24, 2.45) is 10.8 Å². The Hall–Kier alpha value is -1.42. The van der Waals surface area contributed by atoms with Gasteiger partial charge in [-0.25, -0.2) is 0 Å². The minimum absolute atomic E-state index is 0.228. The Balaban J connectivity index is 2.35. The summed E-state index contributed by atoms with van der Waals surface area (Å²) in [5.74, 6) is 0.576. The molecule has 2 aromatic carbocycles. The Morgan fingerprint density at radius 1 is 0.808 bits per heavy atom.